The number of hydrogen-bond acceptors (Lipinski definition) is 5. The maximum Gasteiger partial charge on any atom is 0.337 e. The van der Waals surface area contributed by atoms with Crippen LogP contribution in [0.15, 0.2) is 23.4 Å². The van der Waals surface area contributed by atoms with Crippen molar-refractivity contribution in [1.29, 1.82) is 0 Å². The normalized spacial score (nSPS) is 19.0. The Kier molecular flexibility index (Phi) is 5.12. The van der Waals surface area contributed by atoms with E-state index in [4.69, 9.17) is 27.9 Å². The number of amides is 4. The average Bonchev–Trinajstić information content (AvgIpc) is 2.80. The van der Waals surface area contributed by atoms with Crippen molar-refractivity contribution in [3.05, 3.63) is 44.6 Å². The van der Waals surface area contributed by atoms with Crippen LogP contribution in [0.1, 0.15) is 34.6 Å². The minimum absolute atomic E-state index is 0.112. The molecule has 0 aromatic heterocycles. The quantitative estimate of drug-likeness (QED) is 0.582. The van der Waals surface area contributed by atoms with E-state index < -0.39 is 29.9 Å². The first-order valence-corrected chi connectivity index (χ1v) is 8.83. The van der Waals surface area contributed by atoms with E-state index >= 15 is 0 Å². The lowest BCUT2D eigenvalue weighted by Gasteiger charge is -2.28. The van der Waals surface area contributed by atoms with Gasteiger partial charge in [0.25, 0.3) is 11.8 Å². The molecule has 4 amide bonds. The zero-order valence-electron chi connectivity index (χ0n) is 14.4. The van der Waals surface area contributed by atoms with Crippen molar-refractivity contribution in [3.63, 3.8) is 0 Å². The summed E-state index contributed by atoms with van der Waals surface area (Å²) in [7, 11) is 0. The number of nitrogens with zero attached hydrogens (tertiary/aromatic N) is 1. The van der Waals surface area contributed by atoms with Crippen LogP contribution in [-0.4, -0.2) is 47.9 Å². The van der Waals surface area contributed by atoms with Gasteiger partial charge in [0.05, 0.1) is 51.6 Å². The van der Waals surface area contributed by atoms with Crippen molar-refractivity contribution in [2.75, 3.05) is 13.2 Å². The molecular weight excluding hydrogens is 397 g/mol. The van der Waals surface area contributed by atoms with Gasteiger partial charge in [-0.25, -0.2) is 9.59 Å². The van der Waals surface area contributed by atoms with Crippen LogP contribution in [-0.2, 0) is 9.53 Å². The molecule has 1 atom stereocenters. The van der Waals surface area contributed by atoms with Crippen LogP contribution in [0.25, 0.3) is 0 Å². The van der Waals surface area contributed by atoms with Crippen molar-refractivity contribution in [3.8, 4) is 0 Å². The van der Waals surface area contributed by atoms with E-state index in [1.165, 1.54) is 12.1 Å². The number of carbonyl (C=O) groups excluding carboxylic acids is 4. The van der Waals surface area contributed by atoms with Gasteiger partial charge in [-0.3, -0.25) is 14.5 Å². The highest BCUT2D eigenvalue weighted by Gasteiger charge is 2.39. The number of benzene rings is 1. The first-order valence-electron chi connectivity index (χ1n) is 8.07. The minimum atomic E-state index is -0.646. The molecule has 2 aliphatic rings. The molecule has 1 aromatic carbocycles. The number of nitrogens with one attached hydrogen (secondary N) is 2. The SMILES string of the molecule is CCOC(=O)C1=C(CN2C(=O)c3cc(Cl)c(Cl)cc3C2=O)NC(=O)N[C@@H]1C. The molecule has 0 bridgehead atoms. The first kappa shape index (κ1) is 19.2. The largest absolute Gasteiger partial charge is 0.463 e. The maximum atomic E-state index is 12.6. The number of esters is 1. The monoisotopic (exact) mass is 411 g/mol. The molecule has 0 unspecified atom stereocenters. The molecule has 27 heavy (non-hydrogen) atoms. The fraction of sp³-hybridized carbons (Fsp3) is 0.294. The Labute approximate surface area is 164 Å². The summed E-state index contributed by atoms with van der Waals surface area (Å²) < 4.78 is 5.02. The lowest BCUT2D eigenvalue weighted by Crippen LogP contribution is -2.51. The molecule has 0 saturated heterocycles. The summed E-state index contributed by atoms with van der Waals surface area (Å²) in [5.41, 5.74) is 0.488. The third-order valence-electron chi connectivity index (χ3n) is 4.19. The van der Waals surface area contributed by atoms with E-state index in [2.05, 4.69) is 10.6 Å². The smallest absolute Gasteiger partial charge is 0.337 e. The molecule has 8 nitrogen and oxygen atoms in total. The minimum Gasteiger partial charge on any atom is -0.463 e. The molecule has 142 valence electrons. The van der Waals surface area contributed by atoms with Crippen LogP contribution in [0.2, 0.25) is 10.0 Å². The summed E-state index contributed by atoms with van der Waals surface area (Å²) >= 11 is 11.9. The average molecular weight is 412 g/mol. The maximum absolute atomic E-state index is 12.6. The van der Waals surface area contributed by atoms with Gasteiger partial charge >= 0.3 is 12.0 Å². The van der Waals surface area contributed by atoms with E-state index in [1.54, 1.807) is 13.8 Å². The van der Waals surface area contributed by atoms with Crippen LogP contribution in [0.3, 0.4) is 0 Å². The van der Waals surface area contributed by atoms with Crippen LogP contribution in [0.5, 0.6) is 0 Å². The molecule has 0 spiro atoms. The van der Waals surface area contributed by atoms with E-state index in [0.717, 1.165) is 4.90 Å². The highest BCUT2D eigenvalue weighted by molar-refractivity contribution is 6.43. The van der Waals surface area contributed by atoms with Gasteiger partial charge in [0.1, 0.15) is 0 Å². The molecule has 2 N–H and O–H groups in total. The van der Waals surface area contributed by atoms with Crippen molar-refractivity contribution >= 4 is 47.0 Å². The highest BCUT2D eigenvalue weighted by atomic mass is 35.5. The number of urea groups is 1. The van der Waals surface area contributed by atoms with Crippen molar-refractivity contribution < 1.29 is 23.9 Å². The van der Waals surface area contributed by atoms with Crippen molar-refractivity contribution in [2.24, 2.45) is 0 Å². The lowest BCUT2D eigenvalue weighted by molar-refractivity contribution is -0.139. The lowest BCUT2D eigenvalue weighted by atomic mass is 10.0. The molecule has 1 aromatic rings. The van der Waals surface area contributed by atoms with Gasteiger partial charge in [-0.1, -0.05) is 23.2 Å². The molecule has 2 aliphatic heterocycles. The summed E-state index contributed by atoms with van der Waals surface area (Å²) in [4.78, 5) is 50.3. The predicted molar refractivity (Wildman–Crippen MR) is 96.6 cm³/mol. The summed E-state index contributed by atoms with van der Waals surface area (Å²) in [6, 6.07) is 1.45. The van der Waals surface area contributed by atoms with Crippen molar-refractivity contribution in [1.82, 2.24) is 15.5 Å². The van der Waals surface area contributed by atoms with E-state index in [1.807, 2.05) is 0 Å². The molecule has 3 rings (SSSR count). The Morgan fingerprint density at radius 1 is 1.15 bits per heavy atom. The molecule has 0 radical (unpaired) electrons. The van der Waals surface area contributed by atoms with Crippen LogP contribution in [0, 0.1) is 0 Å². The fourth-order valence-corrected chi connectivity index (χ4v) is 3.32. The van der Waals surface area contributed by atoms with Gasteiger partial charge in [-0.15, -0.1) is 0 Å². The Hall–Kier alpha value is -2.58. The number of hydrogen-bond donors (Lipinski definition) is 2. The second-order valence-electron chi connectivity index (χ2n) is 5.94. The Morgan fingerprint density at radius 2 is 1.70 bits per heavy atom. The third kappa shape index (κ3) is 3.38. The van der Waals surface area contributed by atoms with Gasteiger partial charge in [0.2, 0.25) is 0 Å². The predicted octanol–water partition coefficient (Wildman–Crippen LogP) is 2.11. The zero-order valence-corrected chi connectivity index (χ0v) is 15.9. The summed E-state index contributed by atoms with van der Waals surface area (Å²) in [6.45, 7) is 3.09. The van der Waals surface area contributed by atoms with Gasteiger partial charge in [0, 0.05) is 0 Å². The molecule has 0 saturated carbocycles. The van der Waals surface area contributed by atoms with Crippen LogP contribution >= 0.6 is 23.2 Å². The number of rotatable bonds is 4. The van der Waals surface area contributed by atoms with E-state index in [9.17, 15) is 19.2 Å². The number of ether oxygens (including phenoxy) is 1. The Balaban J connectivity index is 1.98. The zero-order chi connectivity index (χ0) is 19.9. The second-order valence-corrected chi connectivity index (χ2v) is 6.76. The third-order valence-corrected chi connectivity index (χ3v) is 4.92. The van der Waals surface area contributed by atoms with Gasteiger partial charge < -0.3 is 15.4 Å². The topological polar surface area (TPSA) is 105 Å². The number of halogens is 2. The number of imide groups is 1. The highest BCUT2D eigenvalue weighted by Crippen LogP contribution is 2.32. The Bertz CT molecular complexity index is 871. The second kappa shape index (κ2) is 7.21. The van der Waals surface area contributed by atoms with Crippen molar-refractivity contribution in [2.45, 2.75) is 19.9 Å². The molecule has 10 heteroatoms. The summed E-state index contributed by atoms with van der Waals surface area (Å²) in [6.07, 6.45) is 0. The number of carbonyl (C=O) groups is 4. The van der Waals surface area contributed by atoms with Gasteiger partial charge in [0.15, 0.2) is 0 Å². The number of fused-ring (bicyclic) bond motifs is 1. The fourth-order valence-electron chi connectivity index (χ4n) is 2.99. The van der Waals surface area contributed by atoms with Gasteiger partial charge in [-0.2, -0.15) is 0 Å². The van der Waals surface area contributed by atoms with Gasteiger partial charge in [-0.05, 0) is 26.0 Å². The van der Waals surface area contributed by atoms with E-state index in [0.29, 0.717) is 0 Å². The van der Waals surface area contributed by atoms with E-state index in [-0.39, 0.29) is 45.6 Å². The molecule has 2 heterocycles. The van der Waals surface area contributed by atoms with Crippen LogP contribution in [0.4, 0.5) is 4.79 Å². The molecular formula is C17H15Cl2N3O5. The van der Waals surface area contributed by atoms with Crippen LogP contribution < -0.4 is 10.6 Å². The Morgan fingerprint density at radius 3 is 2.22 bits per heavy atom. The molecule has 0 fully saturated rings. The standard InChI is InChI=1S/C17H15Cl2N3O5/c1-3-27-16(25)13-7(2)20-17(26)21-12(13)6-22-14(23)8-4-10(18)11(19)5-9(8)15(22)24/h4-5,7H,3,6H2,1-2H3,(H2,20,21,26)/t7-/m1/s1. The summed E-state index contributed by atoms with van der Waals surface area (Å²) in [5, 5.41) is 5.32. The molecule has 0 aliphatic carbocycles. The summed E-state index contributed by atoms with van der Waals surface area (Å²) in [5.74, 6) is -1.83. The first-order chi connectivity index (χ1) is 12.7.